The predicted molar refractivity (Wildman–Crippen MR) is 75.0 cm³/mol. The first-order valence-electron chi connectivity index (χ1n) is 5.94. The molecule has 1 heterocycles. The maximum atomic E-state index is 5.82. The molecule has 3 nitrogen and oxygen atoms in total. The summed E-state index contributed by atoms with van der Waals surface area (Å²) in [5, 5.41) is 0.966. The number of aryl methyl sites for hydroxylation is 3. The van der Waals surface area contributed by atoms with Crippen molar-refractivity contribution < 1.29 is 4.74 Å². The van der Waals surface area contributed by atoms with Crippen LogP contribution in [0.15, 0.2) is 18.3 Å². The van der Waals surface area contributed by atoms with Crippen LogP contribution in [-0.2, 0) is 13.2 Å². The van der Waals surface area contributed by atoms with Gasteiger partial charge < -0.3 is 10.5 Å². The molecule has 96 valence electrons. The van der Waals surface area contributed by atoms with Crippen LogP contribution in [-0.4, -0.2) is 4.98 Å². The Morgan fingerprint density at radius 3 is 2.56 bits per heavy atom. The van der Waals surface area contributed by atoms with Gasteiger partial charge in [0.05, 0.1) is 0 Å². The number of aromatic nitrogens is 1. The van der Waals surface area contributed by atoms with Crippen LogP contribution in [0.5, 0.6) is 5.75 Å². The van der Waals surface area contributed by atoms with E-state index in [1.165, 1.54) is 11.1 Å². The highest BCUT2D eigenvalue weighted by Gasteiger charge is 2.05. The topological polar surface area (TPSA) is 48.1 Å². The first-order chi connectivity index (χ1) is 8.60. The molecule has 0 saturated carbocycles. The van der Waals surface area contributed by atoms with E-state index in [9.17, 15) is 0 Å². The molecule has 2 aromatic rings. The molecule has 0 aliphatic carbocycles. The number of nitrogens with zero attached hydrogens (tertiary/aromatic N) is 1. The van der Waals surface area contributed by atoms with Gasteiger partial charge in [-0.3, -0.25) is 0 Å². The molecule has 0 atom stereocenters. The number of nitrogens with two attached hydrogens (primary N) is 1. The fraction of sp³-hybridized carbons (Fsp3) is 0.357. The molecule has 1 aromatic heterocycles. The van der Waals surface area contributed by atoms with Crippen molar-refractivity contribution in [2.75, 3.05) is 0 Å². The van der Waals surface area contributed by atoms with Crippen LogP contribution in [0.4, 0.5) is 0 Å². The zero-order valence-corrected chi connectivity index (χ0v) is 11.8. The van der Waals surface area contributed by atoms with Crippen LogP contribution in [0.1, 0.15) is 26.6 Å². The van der Waals surface area contributed by atoms with Gasteiger partial charge in [0.1, 0.15) is 17.4 Å². The molecular weight excluding hydrogens is 244 g/mol. The molecule has 1 aromatic carbocycles. The Morgan fingerprint density at radius 2 is 1.89 bits per heavy atom. The standard InChI is InChI=1S/C14H18N2OS/c1-9-4-11(3)13(5-10(9)2)17-8-14-16-7-12(6-15)18-14/h4-5,7H,6,8,15H2,1-3H3. The quantitative estimate of drug-likeness (QED) is 0.921. The van der Waals surface area contributed by atoms with E-state index >= 15 is 0 Å². The van der Waals surface area contributed by atoms with E-state index < -0.39 is 0 Å². The van der Waals surface area contributed by atoms with Gasteiger partial charge in [0.2, 0.25) is 0 Å². The molecule has 0 spiro atoms. The molecule has 0 aliphatic rings. The van der Waals surface area contributed by atoms with Crippen molar-refractivity contribution in [1.29, 1.82) is 0 Å². The van der Waals surface area contributed by atoms with Crippen molar-refractivity contribution in [2.45, 2.75) is 33.9 Å². The third-order valence-corrected chi connectivity index (χ3v) is 3.94. The molecule has 18 heavy (non-hydrogen) atoms. The van der Waals surface area contributed by atoms with Crippen molar-refractivity contribution in [3.8, 4) is 5.75 Å². The van der Waals surface area contributed by atoms with Gasteiger partial charge in [-0.05, 0) is 43.5 Å². The Hall–Kier alpha value is -1.39. The van der Waals surface area contributed by atoms with Crippen LogP contribution >= 0.6 is 11.3 Å². The molecule has 0 fully saturated rings. The fourth-order valence-electron chi connectivity index (χ4n) is 1.74. The summed E-state index contributed by atoms with van der Waals surface area (Å²) in [7, 11) is 0. The van der Waals surface area contributed by atoms with Gasteiger partial charge in [-0.15, -0.1) is 11.3 Å². The minimum absolute atomic E-state index is 0.508. The summed E-state index contributed by atoms with van der Waals surface area (Å²) in [5.41, 5.74) is 9.26. The number of rotatable bonds is 4. The maximum absolute atomic E-state index is 5.82. The molecular formula is C14H18N2OS. The van der Waals surface area contributed by atoms with Gasteiger partial charge in [0.25, 0.3) is 0 Å². The number of thiazole rings is 1. The Bertz CT molecular complexity index is 549. The lowest BCUT2D eigenvalue weighted by Gasteiger charge is -2.10. The summed E-state index contributed by atoms with van der Waals surface area (Å²) in [6, 6.07) is 4.24. The van der Waals surface area contributed by atoms with Crippen molar-refractivity contribution in [3.63, 3.8) is 0 Å². The first-order valence-corrected chi connectivity index (χ1v) is 6.76. The molecule has 0 saturated heterocycles. The summed E-state index contributed by atoms with van der Waals surface area (Å²) < 4.78 is 5.82. The highest BCUT2D eigenvalue weighted by molar-refractivity contribution is 7.11. The van der Waals surface area contributed by atoms with Crippen LogP contribution in [0.2, 0.25) is 0 Å². The lowest BCUT2D eigenvalue weighted by molar-refractivity contribution is 0.303. The Kier molecular flexibility index (Phi) is 3.99. The Labute approximate surface area is 112 Å². The van der Waals surface area contributed by atoms with Crippen LogP contribution < -0.4 is 10.5 Å². The second-order valence-corrected chi connectivity index (χ2v) is 5.61. The van der Waals surface area contributed by atoms with E-state index in [0.717, 1.165) is 21.2 Å². The van der Waals surface area contributed by atoms with Gasteiger partial charge in [-0.25, -0.2) is 4.98 Å². The largest absolute Gasteiger partial charge is 0.486 e. The van der Waals surface area contributed by atoms with E-state index in [1.807, 2.05) is 6.20 Å². The molecule has 0 bridgehead atoms. The van der Waals surface area contributed by atoms with Gasteiger partial charge in [-0.1, -0.05) is 6.07 Å². The van der Waals surface area contributed by atoms with Crippen molar-refractivity contribution in [1.82, 2.24) is 4.98 Å². The monoisotopic (exact) mass is 262 g/mol. The molecule has 4 heteroatoms. The van der Waals surface area contributed by atoms with E-state index in [1.54, 1.807) is 11.3 Å². The smallest absolute Gasteiger partial charge is 0.140 e. The normalized spacial score (nSPS) is 10.7. The fourth-order valence-corrected chi connectivity index (χ4v) is 2.45. The second kappa shape index (κ2) is 5.50. The van der Waals surface area contributed by atoms with Crippen molar-refractivity contribution in [3.05, 3.63) is 44.9 Å². The Morgan fingerprint density at radius 1 is 1.17 bits per heavy atom. The third kappa shape index (κ3) is 2.89. The van der Waals surface area contributed by atoms with Crippen LogP contribution in [0.25, 0.3) is 0 Å². The highest BCUT2D eigenvalue weighted by atomic mass is 32.1. The zero-order chi connectivity index (χ0) is 13.1. The molecule has 0 unspecified atom stereocenters. The number of hydrogen-bond donors (Lipinski definition) is 1. The average Bonchev–Trinajstić information content (AvgIpc) is 2.80. The van der Waals surface area contributed by atoms with Gasteiger partial charge in [0.15, 0.2) is 0 Å². The summed E-state index contributed by atoms with van der Waals surface area (Å²) in [6.45, 7) is 7.32. The minimum atomic E-state index is 0.508. The van der Waals surface area contributed by atoms with Gasteiger partial charge >= 0.3 is 0 Å². The van der Waals surface area contributed by atoms with Crippen molar-refractivity contribution >= 4 is 11.3 Å². The lowest BCUT2D eigenvalue weighted by Crippen LogP contribution is -1.97. The van der Waals surface area contributed by atoms with Crippen LogP contribution in [0.3, 0.4) is 0 Å². The van der Waals surface area contributed by atoms with E-state index in [-0.39, 0.29) is 0 Å². The summed E-state index contributed by atoms with van der Waals surface area (Å²) >= 11 is 1.60. The van der Waals surface area contributed by atoms with E-state index in [4.69, 9.17) is 10.5 Å². The number of benzene rings is 1. The predicted octanol–water partition coefficient (Wildman–Crippen LogP) is 3.11. The minimum Gasteiger partial charge on any atom is -0.486 e. The lowest BCUT2D eigenvalue weighted by atomic mass is 10.1. The molecule has 0 radical (unpaired) electrons. The first kappa shape index (κ1) is 13.1. The van der Waals surface area contributed by atoms with Crippen LogP contribution in [0, 0.1) is 20.8 Å². The summed E-state index contributed by atoms with van der Waals surface area (Å²) in [4.78, 5) is 5.37. The van der Waals surface area contributed by atoms with E-state index in [2.05, 4.69) is 37.9 Å². The molecule has 0 amide bonds. The Balaban J connectivity index is 2.08. The van der Waals surface area contributed by atoms with E-state index in [0.29, 0.717) is 13.2 Å². The zero-order valence-electron chi connectivity index (χ0n) is 11.0. The SMILES string of the molecule is Cc1cc(C)c(OCc2ncc(CN)s2)cc1C. The molecule has 2 rings (SSSR count). The average molecular weight is 262 g/mol. The maximum Gasteiger partial charge on any atom is 0.140 e. The number of ether oxygens (including phenoxy) is 1. The second-order valence-electron chi connectivity index (χ2n) is 4.42. The van der Waals surface area contributed by atoms with Crippen molar-refractivity contribution in [2.24, 2.45) is 5.73 Å². The third-order valence-electron chi connectivity index (χ3n) is 2.95. The molecule has 2 N–H and O–H groups in total. The van der Waals surface area contributed by atoms with Gasteiger partial charge in [-0.2, -0.15) is 0 Å². The van der Waals surface area contributed by atoms with Gasteiger partial charge in [0, 0.05) is 17.6 Å². The summed E-state index contributed by atoms with van der Waals surface area (Å²) in [5.74, 6) is 0.933. The highest BCUT2D eigenvalue weighted by Crippen LogP contribution is 2.24. The molecule has 0 aliphatic heterocycles. The summed E-state index contributed by atoms with van der Waals surface area (Å²) in [6.07, 6.45) is 1.82. The number of hydrogen-bond acceptors (Lipinski definition) is 4.